The first-order chi connectivity index (χ1) is 13.1. The highest BCUT2D eigenvalue weighted by Gasteiger charge is 2.13. The third kappa shape index (κ3) is 5.54. The molecule has 2 aromatic rings. The zero-order valence-corrected chi connectivity index (χ0v) is 15.2. The molecule has 0 unspecified atom stereocenters. The van der Waals surface area contributed by atoms with Crippen LogP contribution in [0, 0.1) is 5.82 Å². The van der Waals surface area contributed by atoms with Gasteiger partial charge in [-0.2, -0.15) is 0 Å². The monoisotopic (exact) mass is 369 g/mol. The maximum absolute atomic E-state index is 12.8. The summed E-state index contributed by atoms with van der Waals surface area (Å²) in [4.78, 5) is 26.0. The zero-order chi connectivity index (χ0) is 19.1. The number of anilines is 2. The van der Waals surface area contributed by atoms with Gasteiger partial charge in [0.25, 0.3) is 0 Å². The molecule has 6 heteroatoms. The number of nitrogens with zero attached hydrogens (tertiary/aromatic N) is 1. The highest BCUT2D eigenvalue weighted by Crippen LogP contribution is 2.20. The lowest BCUT2D eigenvalue weighted by Gasteiger charge is -2.17. The van der Waals surface area contributed by atoms with Gasteiger partial charge in [-0.05, 0) is 67.6 Å². The van der Waals surface area contributed by atoms with Crippen molar-refractivity contribution in [1.82, 2.24) is 5.32 Å². The second kappa shape index (κ2) is 9.16. The zero-order valence-electron chi connectivity index (χ0n) is 15.2. The average Bonchev–Trinajstić information content (AvgIpc) is 3.22. The number of carbonyl (C=O) groups excluding carboxylic acids is 2. The molecule has 1 aliphatic heterocycles. The van der Waals surface area contributed by atoms with Gasteiger partial charge in [0, 0.05) is 31.0 Å². The second-order valence-electron chi connectivity index (χ2n) is 6.68. The van der Waals surface area contributed by atoms with Crippen LogP contribution in [0.5, 0.6) is 0 Å². The Morgan fingerprint density at radius 1 is 0.926 bits per heavy atom. The normalized spacial score (nSPS) is 13.4. The molecule has 5 nitrogen and oxygen atoms in total. The van der Waals surface area contributed by atoms with Gasteiger partial charge in [-0.15, -0.1) is 0 Å². The number of benzene rings is 2. The number of nitrogens with one attached hydrogen (secondary N) is 2. The first kappa shape index (κ1) is 18.9. The molecule has 3 rings (SSSR count). The predicted octanol–water partition coefficient (Wildman–Crippen LogP) is 3.11. The maximum Gasteiger partial charge on any atom is 0.313 e. The summed E-state index contributed by atoms with van der Waals surface area (Å²) in [6.07, 6.45) is 4.10. The van der Waals surface area contributed by atoms with Gasteiger partial charge in [0.15, 0.2) is 0 Å². The minimum absolute atomic E-state index is 0.384. The summed E-state index contributed by atoms with van der Waals surface area (Å²) in [6, 6.07) is 13.8. The Bertz CT molecular complexity index is 769. The van der Waals surface area contributed by atoms with Crippen LogP contribution in [0.15, 0.2) is 48.5 Å². The van der Waals surface area contributed by atoms with E-state index >= 15 is 0 Å². The quantitative estimate of drug-likeness (QED) is 0.608. The summed E-state index contributed by atoms with van der Waals surface area (Å²) in [5.74, 6) is -1.84. The average molecular weight is 369 g/mol. The van der Waals surface area contributed by atoms with Gasteiger partial charge >= 0.3 is 11.8 Å². The van der Waals surface area contributed by atoms with Gasteiger partial charge in [-0.3, -0.25) is 9.59 Å². The molecule has 1 aliphatic rings. The molecular weight excluding hydrogens is 345 g/mol. The Kier molecular flexibility index (Phi) is 6.41. The molecule has 27 heavy (non-hydrogen) atoms. The van der Waals surface area contributed by atoms with Crippen molar-refractivity contribution in [3.63, 3.8) is 0 Å². The Morgan fingerprint density at radius 3 is 2.26 bits per heavy atom. The third-order valence-electron chi connectivity index (χ3n) is 4.64. The molecule has 0 aromatic heterocycles. The highest BCUT2D eigenvalue weighted by molar-refractivity contribution is 6.39. The van der Waals surface area contributed by atoms with Gasteiger partial charge in [0.2, 0.25) is 0 Å². The molecule has 0 radical (unpaired) electrons. The molecule has 0 aliphatic carbocycles. The summed E-state index contributed by atoms with van der Waals surface area (Å²) in [5, 5.41) is 5.05. The standard InChI is InChI=1S/C21H24FN3O2/c22-17-7-9-18(10-8-17)24-21(27)20(26)23-13-3-4-16-5-11-19(12-6-16)25-14-1-2-15-25/h5-12H,1-4,13-15H2,(H,23,26)(H,24,27). The van der Waals surface area contributed by atoms with E-state index in [1.807, 2.05) is 0 Å². The number of amides is 2. The third-order valence-corrected chi connectivity index (χ3v) is 4.64. The van der Waals surface area contributed by atoms with Crippen LogP contribution in [0.3, 0.4) is 0 Å². The number of hydrogen-bond acceptors (Lipinski definition) is 3. The van der Waals surface area contributed by atoms with Gasteiger partial charge in [-0.1, -0.05) is 12.1 Å². The van der Waals surface area contributed by atoms with Crippen LogP contribution in [-0.2, 0) is 16.0 Å². The molecule has 1 fully saturated rings. The van der Waals surface area contributed by atoms with E-state index in [4.69, 9.17) is 0 Å². The lowest BCUT2D eigenvalue weighted by molar-refractivity contribution is -0.136. The van der Waals surface area contributed by atoms with Gasteiger partial charge in [0.1, 0.15) is 5.82 Å². The summed E-state index contributed by atoms with van der Waals surface area (Å²) in [7, 11) is 0. The largest absolute Gasteiger partial charge is 0.372 e. The maximum atomic E-state index is 12.8. The lowest BCUT2D eigenvalue weighted by Crippen LogP contribution is -2.36. The summed E-state index contributed by atoms with van der Waals surface area (Å²) in [6.45, 7) is 2.68. The molecular formula is C21H24FN3O2. The number of halogens is 1. The van der Waals surface area contributed by atoms with E-state index < -0.39 is 17.6 Å². The Hall–Kier alpha value is -2.89. The van der Waals surface area contributed by atoms with Crippen molar-refractivity contribution >= 4 is 23.2 Å². The second-order valence-corrected chi connectivity index (χ2v) is 6.68. The fourth-order valence-electron chi connectivity index (χ4n) is 3.14. The van der Waals surface area contributed by atoms with Gasteiger partial charge in [-0.25, -0.2) is 4.39 Å². The fraction of sp³-hybridized carbons (Fsp3) is 0.333. The van der Waals surface area contributed by atoms with Gasteiger partial charge in [0.05, 0.1) is 0 Å². The number of rotatable bonds is 6. The topological polar surface area (TPSA) is 61.4 Å². The van der Waals surface area contributed by atoms with Crippen LogP contribution in [-0.4, -0.2) is 31.4 Å². The number of aryl methyl sites for hydroxylation is 1. The molecule has 1 heterocycles. The van der Waals surface area contributed by atoms with Crippen molar-refractivity contribution in [1.29, 1.82) is 0 Å². The summed E-state index contributed by atoms with van der Waals surface area (Å²) in [5.41, 5.74) is 2.86. The molecule has 2 aromatic carbocycles. The van der Waals surface area contributed by atoms with Crippen molar-refractivity contribution < 1.29 is 14.0 Å². The molecule has 0 bridgehead atoms. The van der Waals surface area contributed by atoms with E-state index in [0.717, 1.165) is 25.9 Å². The van der Waals surface area contributed by atoms with Crippen molar-refractivity contribution in [3.8, 4) is 0 Å². The number of carbonyl (C=O) groups is 2. The SMILES string of the molecule is O=C(NCCCc1ccc(N2CCCC2)cc1)C(=O)Nc1ccc(F)cc1. The van der Waals surface area contributed by atoms with E-state index in [9.17, 15) is 14.0 Å². The molecule has 2 amide bonds. The van der Waals surface area contributed by atoms with Crippen LogP contribution in [0.25, 0.3) is 0 Å². The Balaban J connectivity index is 1.37. The van der Waals surface area contributed by atoms with E-state index in [-0.39, 0.29) is 0 Å². The minimum Gasteiger partial charge on any atom is -0.372 e. The van der Waals surface area contributed by atoms with Crippen molar-refractivity contribution in [2.24, 2.45) is 0 Å². The number of hydrogen-bond donors (Lipinski definition) is 2. The van der Waals surface area contributed by atoms with E-state index in [2.05, 4.69) is 39.8 Å². The molecule has 0 atom stereocenters. The molecule has 142 valence electrons. The lowest BCUT2D eigenvalue weighted by atomic mass is 10.1. The molecule has 0 spiro atoms. The fourth-order valence-corrected chi connectivity index (χ4v) is 3.14. The predicted molar refractivity (Wildman–Crippen MR) is 104 cm³/mol. The van der Waals surface area contributed by atoms with Crippen molar-refractivity contribution in [2.45, 2.75) is 25.7 Å². The van der Waals surface area contributed by atoms with Crippen LogP contribution in [0.1, 0.15) is 24.8 Å². The van der Waals surface area contributed by atoms with Crippen molar-refractivity contribution in [3.05, 3.63) is 59.9 Å². The van der Waals surface area contributed by atoms with Crippen LogP contribution in [0.2, 0.25) is 0 Å². The first-order valence-electron chi connectivity index (χ1n) is 9.30. The molecule has 1 saturated heterocycles. The van der Waals surface area contributed by atoms with Gasteiger partial charge < -0.3 is 15.5 Å². The Morgan fingerprint density at radius 2 is 1.59 bits per heavy atom. The minimum atomic E-state index is -0.753. The van der Waals surface area contributed by atoms with Crippen LogP contribution >= 0.6 is 0 Å². The highest BCUT2D eigenvalue weighted by atomic mass is 19.1. The van der Waals surface area contributed by atoms with Crippen molar-refractivity contribution in [2.75, 3.05) is 29.9 Å². The summed E-state index contributed by atoms with van der Waals surface area (Å²) < 4.78 is 12.8. The Labute approximate surface area is 158 Å². The molecule has 0 saturated carbocycles. The van der Waals surface area contributed by atoms with E-state index in [1.54, 1.807) is 0 Å². The summed E-state index contributed by atoms with van der Waals surface area (Å²) >= 11 is 0. The van der Waals surface area contributed by atoms with E-state index in [1.165, 1.54) is 48.4 Å². The smallest absolute Gasteiger partial charge is 0.313 e. The first-order valence-corrected chi connectivity index (χ1v) is 9.30. The van der Waals surface area contributed by atoms with Crippen LogP contribution in [0.4, 0.5) is 15.8 Å². The van der Waals surface area contributed by atoms with Crippen LogP contribution < -0.4 is 15.5 Å². The van der Waals surface area contributed by atoms with E-state index in [0.29, 0.717) is 12.2 Å². The molecule has 2 N–H and O–H groups in total.